The first kappa shape index (κ1) is 24.4. The molecular formula is C30H20ClN3O5. The third kappa shape index (κ3) is 4.73. The molecule has 6 aromatic rings. The number of halogens is 1. The molecule has 0 N–H and O–H groups in total. The van der Waals surface area contributed by atoms with E-state index < -0.39 is 0 Å². The second kappa shape index (κ2) is 10.1. The van der Waals surface area contributed by atoms with Crippen LogP contribution in [-0.4, -0.2) is 28.5 Å². The Labute approximate surface area is 226 Å². The van der Waals surface area contributed by atoms with Gasteiger partial charge in [-0.15, -0.1) is 0 Å². The zero-order valence-corrected chi connectivity index (χ0v) is 21.4. The van der Waals surface area contributed by atoms with Crippen LogP contribution in [0.15, 0.2) is 104 Å². The van der Waals surface area contributed by atoms with Crippen LogP contribution in [0.5, 0.6) is 0 Å². The minimum atomic E-state index is -0.380. The summed E-state index contributed by atoms with van der Waals surface area (Å²) in [5.41, 5.74) is 2.00. The molecule has 0 radical (unpaired) electrons. The lowest BCUT2D eigenvalue weighted by molar-refractivity contribution is 0.0526. The maximum absolute atomic E-state index is 13.5. The molecule has 39 heavy (non-hydrogen) atoms. The number of hydrogen-bond acceptors (Lipinski definition) is 7. The van der Waals surface area contributed by atoms with Crippen LogP contribution < -0.4 is 5.56 Å². The van der Waals surface area contributed by atoms with Gasteiger partial charge in [0.25, 0.3) is 5.56 Å². The third-order valence-corrected chi connectivity index (χ3v) is 6.30. The number of ether oxygens (including phenoxy) is 1. The number of esters is 1. The van der Waals surface area contributed by atoms with Crippen LogP contribution >= 0.6 is 11.6 Å². The minimum Gasteiger partial charge on any atom is -0.462 e. The fourth-order valence-corrected chi connectivity index (χ4v) is 4.37. The lowest BCUT2D eigenvalue weighted by atomic mass is 10.1. The molecule has 9 heteroatoms. The molecule has 0 aliphatic heterocycles. The number of furan rings is 2. The fourth-order valence-electron chi connectivity index (χ4n) is 4.19. The number of aromatic nitrogens is 2. The SMILES string of the molecule is CCOC(=O)c1ccc(-c2ccc(C=Nn3c(-c4cc5cc(Cl)ccc5o4)nc4ccccc4c3=O)o2)cc1. The summed E-state index contributed by atoms with van der Waals surface area (Å²) in [6.07, 6.45) is 1.44. The van der Waals surface area contributed by atoms with Gasteiger partial charge in [0.1, 0.15) is 17.1 Å². The molecule has 0 spiro atoms. The summed E-state index contributed by atoms with van der Waals surface area (Å²) >= 11 is 6.14. The fraction of sp³-hybridized carbons (Fsp3) is 0.0667. The molecule has 3 heterocycles. The van der Waals surface area contributed by atoms with Crippen LogP contribution in [0.25, 0.3) is 44.8 Å². The number of fused-ring (bicyclic) bond motifs is 2. The molecule has 8 nitrogen and oxygen atoms in total. The van der Waals surface area contributed by atoms with Gasteiger partial charge in [0.15, 0.2) is 5.76 Å². The maximum Gasteiger partial charge on any atom is 0.338 e. The number of carbonyl (C=O) groups is 1. The average Bonchev–Trinajstić information content (AvgIpc) is 3.60. The zero-order chi connectivity index (χ0) is 26.9. The van der Waals surface area contributed by atoms with E-state index in [4.69, 9.17) is 25.2 Å². The summed E-state index contributed by atoms with van der Waals surface area (Å²) in [5.74, 6) is 1.22. The number of rotatable bonds is 6. The molecule has 192 valence electrons. The average molecular weight is 538 g/mol. The summed E-state index contributed by atoms with van der Waals surface area (Å²) in [4.78, 5) is 30.0. The van der Waals surface area contributed by atoms with Gasteiger partial charge in [0.2, 0.25) is 5.82 Å². The van der Waals surface area contributed by atoms with Gasteiger partial charge in [-0.1, -0.05) is 35.9 Å². The Balaban J connectivity index is 1.37. The van der Waals surface area contributed by atoms with Crippen LogP contribution in [0.2, 0.25) is 5.02 Å². The summed E-state index contributed by atoms with van der Waals surface area (Å²) in [6, 6.07) is 24.5. The highest BCUT2D eigenvalue weighted by Crippen LogP contribution is 2.29. The van der Waals surface area contributed by atoms with Gasteiger partial charge in [-0.05, 0) is 67.6 Å². The number of hydrogen-bond donors (Lipinski definition) is 0. The third-order valence-electron chi connectivity index (χ3n) is 6.06. The summed E-state index contributed by atoms with van der Waals surface area (Å²) in [5, 5.41) is 6.19. The van der Waals surface area contributed by atoms with E-state index in [0.717, 1.165) is 10.9 Å². The Bertz CT molecular complexity index is 1930. The Morgan fingerprint density at radius 3 is 2.64 bits per heavy atom. The second-order valence-corrected chi connectivity index (χ2v) is 9.04. The summed E-state index contributed by atoms with van der Waals surface area (Å²) < 4.78 is 18.2. The van der Waals surface area contributed by atoms with Gasteiger partial charge < -0.3 is 13.6 Å². The molecule has 0 unspecified atom stereocenters. The van der Waals surface area contributed by atoms with Crippen LogP contribution in [0.3, 0.4) is 0 Å². The number of nitrogens with zero attached hydrogens (tertiary/aromatic N) is 3. The van der Waals surface area contributed by atoms with Crippen molar-refractivity contribution in [2.75, 3.05) is 6.61 Å². The van der Waals surface area contributed by atoms with E-state index in [-0.39, 0.29) is 17.4 Å². The predicted molar refractivity (Wildman–Crippen MR) is 149 cm³/mol. The van der Waals surface area contributed by atoms with E-state index in [9.17, 15) is 9.59 Å². The minimum absolute atomic E-state index is 0.239. The Kier molecular flexibility index (Phi) is 6.30. The monoisotopic (exact) mass is 537 g/mol. The molecule has 0 saturated carbocycles. The normalized spacial score (nSPS) is 11.5. The first-order chi connectivity index (χ1) is 19.0. The second-order valence-electron chi connectivity index (χ2n) is 8.61. The quantitative estimate of drug-likeness (QED) is 0.171. The van der Waals surface area contributed by atoms with Crippen molar-refractivity contribution in [2.24, 2.45) is 5.10 Å². The van der Waals surface area contributed by atoms with E-state index >= 15 is 0 Å². The topological polar surface area (TPSA) is 99.8 Å². The van der Waals surface area contributed by atoms with Crippen LogP contribution in [0.4, 0.5) is 0 Å². The van der Waals surface area contributed by atoms with Crippen molar-refractivity contribution in [3.05, 3.63) is 112 Å². The molecule has 3 aromatic heterocycles. The number of para-hydroxylation sites is 1. The largest absolute Gasteiger partial charge is 0.462 e. The van der Waals surface area contributed by atoms with E-state index in [1.54, 1.807) is 85.8 Å². The van der Waals surface area contributed by atoms with E-state index in [1.165, 1.54) is 10.9 Å². The van der Waals surface area contributed by atoms with E-state index in [1.807, 2.05) is 6.07 Å². The van der Waals surface area contributed by atoms with Crippen molar-refractivity contribution in [3.8, 4) is 22.9 Å². The molecule has 0 aliphatic carbocycles. The standard InChI is InChI=1S/C30H20ClN3O5/c1-2-37-30(36)19-9-7-18(8-10-19)25-14-12-22(38-25)17-32-34-28(33-24-6-4-3-5-23(24)29(34)35)27-16-20-15-21(31)11-13-26(20)39-27/h3-17H,2H2,1H3. The molecule has 0 fully saturated rings. The van der Waals surface area contributed by atoms with Crippen LogP contribution in [-0.2, 0) is 4.74 Å². The highest BCUT2D eigenvalue weighted by Gasteiger charge is 2.17. The first-order valence-corrected chi connectivity index (χ1v) is 12.5. The Hall–Kier alpha value is -4.95. The number of benzene rings is 3. The van der Waals surface area contributed by atoms with Gasteiger partial charge in [0, 0.05) is 16.0 Å². The predicted octanol–water partition coefficient (Wildman–Crippen LogP) is 6.78. The number of carbonyl (C=O) groups excluding carboxylic acids is 1. The summed E-state index contributed by atoms with van der Waals surface area (Å²) in [6.45, 7) is 2.07. The van der Waals surface area contributed by atoms with E-state index in [2.05, 4.69) is 10.1 Å². The highest BCUT2D eigenvalue weighted by atomic mass is 35.5. The lowest BCUT2D eigenvalue weighted by Gasteiger charge is -2.06. The van der Waals surface area contributed by atoms with Crippen LogP contribution in [0.1, 0.15) is 23.0 Å². The molecule has 0 amide bonds. The van der Waals surface area contributed by atoms with Gasteiger partial charge in [-0.25, -0.2) is 9.78 Å². The maximum atomic E-state index is 13.5. The van der Waals surface area contributed by atoms with Crippen molar-refractivity contribution in [1.29, 1.82) is 0 Å². The van der Waals surface area contributed by atoms with Gasteiger partial charge in [-0.2, -0.15) is 9.78 Å². The molecule has 0 atom stereocenters. The van der Waals surface area contributed by atoms with Crippen molar-refractivity contribution in [3.63, 3.8) is 0 Å². The van der Waals surface area contributed by atoms with E-state index in [0.29, 0.717) is 51.0 Å². The summed E-state index contributed by atoms with van der Waals surface area (Å²) in [7, 11) is 0. The Morgan fingerprint density at radius 1 is 1.00 bits per heavy atom. The molecule has 3 aromatic carbocycles. The van der Waals surface area contributed by atoms with Crippen molar-refractivity contribution in [2.45, 2.75) is 6.92 Å². The molecule has 6 rings (SSSR count). The molecule has 0 saturated heterocycles. The lowest BCUT2D eigenvalue weighted by Crippen LogP contribution is -2.20. The molecular weight excluding hydrogens is 518 g/mol. The Morgan fingerprint density at radius 2 is 1.82 bits per heavy atom. The van der Waals surface area contributed by atoms with Gasteiger partial charge >= 0.3 is 5.97 Å². The smallest absolute Gasteiger partial charge is 0.338 e. The van der Waals surface area contributed by atoms with Crippen molar-refractivity contribution in [1.82, 2.24) is 9.66 Å². The van der Waals surface area contributed by atoms with Crippen molar-refractivity contribution < 1.29 is 18.4 Å². The zero-order valence-electron chi connectivity index (χ0n) is 20.6. The molecule has 0 bridgehead atoms. The first-order valence-electron chi connectivity index (χ1n) is 12.1. The van der Waals surface area contributed by atoms with Crippen molar-refractivity contribution >= 4 is 45.7 Å². The molecule has 0 aliphatic rings. The van der Waals surface area contributed by atoms with Crippen LogP contribution in [0, 0.1) is 0 Å². The van der Waals surface area contributed by atoms with Gasteiger partial charge in [-0.3, -0.25) is 4.79 Å². The van der Waals surface area contributed by atoms with Gasteiger partial charge in [0.05, 0.1) is 29.3 Å². The highest BCUT2D eigenvalue weighted by molar-refractivity contribution is 6.31.